The summed E-state index contributed by atoms with van der Waals surface area (Å²) in [5, 5.41) is 5.39. The van der Waals surface area contributed by atoms with Gasteiger partial charge in [0.05, 0.1) is 17.7 Å². The zero-order valence-corrected chi connectivity index (χ0v) is 15.3. The number of ether oxygens (including phenoxy) is 1. The third-order valence-electron chi connectivity index (χ3n) is 4.75. The second-order valence-electron chi connectivity index (χ2n) is 6.69. The van der Waals surface area contributed by atoms with Gasteiger partial charge in [0, 0.05) is 44.7 Å². The lowest BCUT2D eigenvalue weighted by Crippen LogP contribution is -2.40. The molecule has 1 aliphatic heterocycles. The quantitative estimate of drug-likeness (QED) is 0.703. The highest BCUT2D eigenvalue weighted by atomic mass is 16.5. The predicted molar refractivity (Wildman–Crippen MR) is 101 cm³/mol. The summed E-state index contributed by atoms with van der Waals surface area (Å²) in [4.78, 5) is 16.0. The molecule has 1 fully saturated rings. The maximum Gasteiger partial charge on any atom is 0.164 e. The fourth-order valence-corrected chi connectivity index (χ4v) is 3.43. The van der Waals surface area contributed by atoms with Crippen LogP contribution in [0.2, 0.25) is 0 Å². The average molecular weight is 352 g/mol. The Morgan fingerprint density at radius 1 is 1.23 bits per heavy atom. The predicted octanol–water partition coefficient (Wildman–Crippen LogP) is 2.82. The molecule has 1 saturated heterocycles. The minimum absolute atomic E-state index is 0.259. The van der Waals surface area contributed by atoms with Gasteiger partial charge in [0.1, 0.15) is 5.82 Å². The molecular formula is C19H24N6O. The summed E-state index contributed by atoms with van der Waals surface area (Å²) in [7, 11) is 1.92. The second-order valence-corrected chi connectivity index (χ2v) is 6.69. The Bertz CT molecular complexity index is 878. The summed E-state index contributed by atoms with van der Waals surface area (Å²) in [5.74, 6) is 1.65. The van der Waals surface area contributed by atoms with E-state index in [9.17, 15) is 0 Å². The zero-order valence-electron chi connectivity index (χ0n) is 15.3. The number of aryl methyl sites for hydroxylation is 1. The number of anilines is 1. The van der Waals surface area contributed by atoms with Gasteiger partial charge in [-0.15, -0.1) is 0 Å². The molecule has 3 aromatic heterocycles. The first-order valence-corrected chi connectivity index (χ1v) is 9.23. The molecule has 7 nitrogen and oxygen atoms in total. The summed E-state index contributed by atoms with van der Waals surface area (Å²) >= 11 is 0. The first-order chi connectivity index (χ1) is 12.8. The Labute approximate surface area is 153 Å². The van der Waals surface area contributed by atoms with Crippen molar-refractivity contribution in [1.29, 1.82) is 0 Å². The Balaban J connectivity index is 1.74. The molecule has 3 aromatic rings. The topological polar surface area (TPSA) is 69.0 Å². The molecule has 4 rings (SSSR count). The zero-order chi connectivity index (χ0) is 17.9. The van der Waals surface area contributed by atoms with Crippen molar-refractivity contribution in [3.05, 3.63) is 30.7 Å². The van der Waals surface area contributed by atoms with E-state index < -0.39 is 0 Å². The van der Waals surface area contributed by atoms with Gasteiger partial charge in [-0.3, -0.25) is 9.67 Å². The van der Waals surface area contributed by atoms with Crippen molar-refractivity contribution in [2.75, 3.05) is 24.6 Å². The minimum Gasteiger partial charge on any atom is -0.376 e. The van der Waals surface area contributed by atoms with Crippen LogP contribution in [0.3, 0.4) is 0 Å². The monoisotopic (exact) mass is 352 g/mol. The molecule has 0 bridgehead atoms. The molecule has 0 amide bonds. The van der Waals surface area contributed by atoms with Gasteiger partial charge >= 0.3 is 0 Å². The van der Waals surface area contributed by atoms with Crippen molar-refractivity contribution in [3.63, 3.8) is 0 Å². The van der Waals surface area contributed by atoms with E-state index in [-0.39, 0.29) is 6.10 Å². The number of hydrogen-bond acceptors (Lipinski definition) is 6. The van der Waals surface area contributed by atoms with Gasteiger partial charge in [-0.2, -0.15) is 5.10 Å². The summed E-state index contributed by atoms with van der Waals surface area (Å²) < 4.78 is 7.81. The smallest absolute Gasteiger partial charge is 0.164 e. The van der Waals surface area contributed by atoms with E-state index in [1.807, 2.05) is 25.4 Å². The molecule has 0 radical (unpaired) electrons. The second kappa shape index (κ2) is 7.37. The van der Waals surface area contributed by atoms with Crippen LogP contribution in [0.4, 0.5) is 5.82 Å². The van der Waals surface area contributed by atoms with Gasteiger partial charge in [0.2, 0.25) is 0 Å². The fraction of sp³-hybridized carbons (Fsp3) is 0.474. The standard InChI is InChI=1S/C19H24N6O/c1-3-11-26-15-5-4-10-25(13-15)19-16-12-21-24(2)18(16)22-17(23-19)14-6-8-20-9-7-14/h6-9,12,15H,3-5,10-11,13H2,1-2H3/t15-/m1/s1. The van der Waals surface area contributed by atoms with Gasteiger partial charge in [-0.25, -0.2) is 9.97 Å². The van der Waals surface area contributed by atoms with Crippen LogP contribution in [-0.2, 0) is 11.8 Å². The molecule has 26 heavy (non-hydrogen) atoms. The van der Waals surface area contributed by atoms with Gasteiger partial charge in [0.25, 0.3) is 0 Å². The molecule has 0 unspecified atom stereocenters. The highest BCUT2D eigenvalue weighted by Gasteiger charge is 2.24. The lowest BCUT2D eigenvalue weighted by molar-refractivity contribution is 0.0440. The van der Waals surface area contributed by atoms with E-state index in [1.165, 1.54) is 0 Å². The average Bonchev–Trinajstić information content (AvgIpc) is 3.07. The molecule has 4 heterocycles. The normalized spacial score (nSPS) is 17.8. The van der Waals surface area contributed by atoms with Crippen molar-refractivity contribution in [1.82, 2.24) is 24.7 Å². The number of aromatic nitrogens is 5. The summed E-state index contributed by atoms with van der Waals surface area (Å²) in [6.45, 7) is 4.79. The molecule has 0 N–H and O–H groups in total. The highest BCUT2D eigenvalue weighted by molar-refractivity contribution is 5.88. The molecule has 0 saturated carbocycles. The lowest BCUT2D eigenvalue weighted by Gasteiger charge is -2.33. The maximum atomic E-state index is 6.00. The molecule has 1 aliphatic rings. The minimum atomic E-state index is 0.259. The van der Waals surface area contributed by atoms with E-state index in [2.05, 4.69) is 21.9 Å². The van der Waals surface area contributed by atoms with Crippen LogP contribution in [-0.4, -0.2) is 50.5 Å². The fourth-order valence-electron chi connectivity index (χ4n) is 3.43. The number of fused-ring (bicyclic) bond motifs is 1. The van der Waals surface area contributed by atoms with Crippen LogP contribution >= 0.6 is 0 Å². The van der Waals surface area contributed by atoms with Crippen LogP contribution in [0.25, 0.3) is 22.4 Å². The van der Waals surface area contributed by atoms with Crippen molar-refractivity contribution < 1.29 is 4.74 Å². The Morgan fingerprint density at radius 2 is 2.08 bits per heavy atom. The van der Waals surface area contributed by atoms with Crippen LogP contribution in [0.15, 0.2) is 30.7 Å². The van der Waals surface area contributed by atoms with E-state index in [1.54, 1.807) is 17.1 Å². The van der Waals surface area contributed by atoms with E-state index >= 15 is 0 Å². The highest BCUT2D eigenvalue weighted by Crippen LogP contribution is 2.29. The first kappa shape index (κ1) is 16.9. The summed E-state index contributed by atoms with van der Waals surface area (Å²) in [6, 6.07) is 3.87. The van der Waals surface area contributed by atoms with E-state index in [4.69, 9.17) is 14.7 Å². The number of hydrogen-bond donors (Lipinski definition) is 0. The molecule has 0 aliphatic carbocycles. The van der Waals surface area contributed by atoms with Crippen molar-refractivity contribution >= 4 is 16.9 Å². The van der Waals surface area contributed by atoms with Crippen LogP contribution in [0.5, 0.6) is 0 Å². The molecule has 136 valence electrons. The molecule has 0 spiro atoms. The number of rotatable bonds is 5. The third-order valence-corrected chi connectivity index (χ3v) is 4.75. The Morgan fingerprint density at radius 3 is 2.88 bits per heavy atom. The van der Waals surface area contributed by atoms with Crippen LogP contribution in [0, 0.1) is 0 Å². The molecule has 0 aromatic carbocycles. The van der Waals surface area contributed by atoms with E-state index in [0.29, 0.717) is 5.82 Å². The summed E-state index contributed by atoms with van der Waals surface area (Å²) in [5.41, 5.74) is 1.80. The number of nitrogens with zero attached hydrogens (tertiary/aromatic N) is 6. The Hall–Kier alpha value is -2.54. The largest absolute Gasteiger partial charge is 0.376 e. The van der Waals surface area contributed by atoms with E-state index in [0.717, 1.165) is 61.4 Å². The first-order valence-electron chi connectivity index (χ1n) is 9.23. The summed E-state index contributed by atoms with van der Waals surface area (Å²) in [6.07, 6.45) is 8.90. The Kier molecular flexibility index (Phi) is 4.79. The molecule has 7 heteroatoms. The maximum absolute atomic E-state index is 6.00. The van der Waals surface area contributed by atoms with Gasteiger partial charge < -0.3 is 9.64 Å². The number of pyridine rings is 1. The third kappa shape index (κ3) is 3.26. The van der Waals surface area contributed by atoms with Gasteiger partial charge in [-0.1, -0.05) is 6.92 Å². The lowest BCUT2D eigenvalue weighted by atomic mass is 10.1. The number of piperidine rings is 1. The van der Waals surface area contributed by atoms with Crippen molar-refractivity contribution in [2.45, 2.75) is 32.3 Å². The SMILES string of the molecule is CCCO[C@@H]1CCCN(c2nc(-c3ccncc3)nc3c2cnn3C)C1. The van der Waals surface area contributed by atoms with Crippen molar-refractivity contribution in [3.8, 4) is 11.4 Å². The molecule has 1 atom stereocenters. The van der Waals surface area contributed by atoms with Gasteiger partial charge in [-0.05, 0) is 31.4 Å². The van der Waals surface area contributed by atoms with Crippen LogP contribution in [0.1, 0.15) is 26.2 Å². The van der Waals surface area contributed by atoms with Gasteiger partial charge in [0.15, 0.2) is 11.5 Å². The van der Waals surface area contributed by atoms with Crippen molar-refractivity contribution in [2.24, 2.45) is 7.05 Å². The molecular weight excluding hydrogens is 328 g/mol. The van der Waals surface area contributed by atoms with Crippen LogP contribution < -0.4 is 4.90 Å².